The molecule has 1 atom stereocenters. The zero-order valence-corrected chi connectivity index (χ0v) is 13.3. The number of hydrogen-bond donors (Lipinski definition) is 2. The van der Waals surface area contributed by atoms with Gasteiger partial charge in [-0.2, -0.15) is 0 Å². The minimum absolute atomic E-state index is 0. The van der Waals surface area contributed by atoms with Crippen LogP contribution in [0.4, 0.5) is 4.79 Å². The van der Waals surface area contributed by atoms with Crippen molar-refractivity contribution in [3.8, 4) is 0 Å². The highest BCUT2D eigenvalue weighted by Gasteiger charge is 2.44. The number of carbonyl (C=O) groups is 2. The maximum atomic E-state index is 12.0. The van der Waals surface area contributed by atoms with Crippen molar-refractivity contribution in [2.45, 2.75) is 32.7 Å². The van der Waals surface area contributed by atoms with E-state index in [0.29, 0.717) is 13.1 Å². The van der Waals surface area contributed by atoms with Crippen LogP contribution < -0.4 is 11.1 Å². The molecule has 2 aliphatic rings. The lowest BCUT2D eigenvalue weighted by molar-refractivity contribution is -0.130. The van der Waals surface area contributed by atoms with Gasteiger partial charge in [-0.25, -0.2) is 4.79 Å². The fraction of sp³-hybridized carbons (Fsp3) is 0.846. The fourth-order valence-corrected chi connectivity index (χ4v) is 2.75. The highest BCUT2D eigenvalue weighted by atomic mass is 35.5. The van der Waals surface area contributed by atoms with Crippen LogP contribution in [0.15, 0.2) is 0 Å². The SMILES string of the molecule is CC1(CN)CCN(CCN2C(=O)NC(C)(C)C2=O)C1.Cl. The average molecular weight is 305 g/mol. The molecule has 116 valence electrons. The molecule has 0 aliphatic carbocycles. The summed E-state index contributed by atoms with van der Waals surface area (Å²) in [5.74, 6) is -0.140. The minimum Gasteiger partial charge on any atom is -0.330 e. The van der Waals surface area contributed by atoms with Crippen molar-refractivity contribution in [2.75, 3.05) is 32.7 Å². The number of carbonyl (C=O) groups excluding carboxylic acids is 2. The summed E-state index contributed by atoms with van der Waals surface area (Å²) in [5.41, 5.74) is 5.18. The summed E-state index contributed by atoms with van der Waals surface area (Å²) < 4.78 is 0. The molecule has 3 N–H and O–H groups in total. The molecule has 0 saturated carbocycles. The van der Waals surface area contributed by atoms with Gasteiger partial charge in [-0.3, -0.25) is 9.69 Å². The van der Waals surface area contributed by atoms with Gasteiger partial charge in [0.15, 0.2) is 0 Å². The molecule has 6 nitrogen and oxygen atoms in total. The van der Waals surface area contributed by atoms with Gasteiger partial charge in [0.05, 0.1) is 0 Å². The molecule has 0 aromatic carbocycles. The third kappa shape index (κ3) is 3.24. The van der Waals surface area contributed by atoms with E-state index in [4.69, 9.17) is 5.73 Å². The van der Waals surface area contributed by atoms with Gasteiger partial charge in [-0.05, 0) is 38.8 Å². The van der Waals surface area contributed by atoms with Crippen molar-refractivity contribution in [3.05, 3.63) is 0 Å². The summed E-state index contributed by atoms with van der Waals surface area (Å²) in [6.45, 7) is 9.43. The fourth-order valence-electron chi connectivity index (χ4n) is 2.75. The van der Waals surface area contributed by atoms with Crippen LogP contribution in [0, 0.1) is 5.41 Å². The molecule has 2 heterocycles. The minimum atomic E-state index is -0.770. The van der Waals surface area contributed by atoms with Gasteiger partial charge in [0.1, 0.15) is 5.54 Å². The van der Waals surface area contributed by atoms with Gasteiger partial charge < -0.3 is 16.0 Å². The number of nitrogens with zero attached hydrogens (tertiary/aromatic N) is 2. The predicted octanol–water partition coefficient (Wildman–Crippen LogP) is 0.409. The lowest BCUT2D eigenvalue weighted by Crippen LogP contribution is -2.42. The van der Waals surface area contributed by atoms with Crippen molar-refractivity contribution >= 4 is 24.3 Å². The van der Waals surface area contributed by atoms with Crippen LogP contribution in [-0.2, 0) is 4.79 Å². The van der Waals surface area contributed by atoms with Crippen LogP contribution >= 0.6 is 12.4 Å². The zero-order chi connectivity index (χ0) is 14.3. The van der Waals surface area contributed by atoms with Crippen LogP contribution in [0.2, 0.25) is 0 Å². The smallest absolute Gasteiger partial charge is 0.325 e. The van der Waals surface area contributed by atoms with E-state index in [2.05, 4.69) is 17.1 Å². The number of halogens is 1. The number of hydrogen-bond acceptors (Lipinski definition) is 4. The average Bonchev–Trinajstić information content (AvgIpc) is 2.79. The summed E-state index contributed by atoms with van der Waals surface area (Å²) in [6.07, 6.45) is 1.08. The van der Waals surface area contributed by atoms with Crippen LogP contribution in [-0.4, -0.2) is 60.0 Å². The Labute approximate surface area is 126 Å². The third-order valence-electron chi connectivity index (χ3n) is 4.21. The molecule has 2 rings (SSSR count). The quantitative estimate of drug-likeness (QED) is 0.737. The van der Waals surface area contributed by atoms with Crippen molar-refractivity contribution in [2.24, 2.45) is 11.1 Å². The molecule has 0 aromatic rings. The summed E-state index contributed by atoms with van der Waals surface area (Å²) in [4.78, 5) is 27.4. The maximum absolute atomic E-state index is 12.0. The summed E-state index contributed by atoms with van der Waals surface area (Å²) in [5, 5.41) is 2.69. The number of nitrogens with one attached hydrogen (secondary N) is 1. The van der Waals surface area contributed by atoms with Gasteiger partial charge in [0.2, 0.25) is 0 Å². The molecule has 7 heteroatoms. The highest BCUT2D eigenvalue weighted by molar-refractivity contribution is 6.06. The lowest BCUT2D eigenvalue weighted by atomic mass is 9.90. The van der Waals surface area contributed by atoms with Crippen LogP contribution in [0.3, 0.4) is 0 Å². The Kier molecular flexibility index (Phi) is 5.05. The third-order valence-corrected chi connectivity index (χ3v) is 4.21. The molecule has 0 aromatic heterocycles. The summed E-state index contributed by atoms with van der Waals surface area (Å²) >= 11 is 0. The largest absolute Gasteiger partial charge is 0.330 e. The van der Waals surface area contributed by atoms with E-state index in [0.717, 1.165) is 26.1 Å². The van der Waals surface area contributed by atoms with Gasteiger partial charge in [-0.1, -0.05) is 6.92 Å². The molecule has 20 heavy (non-hydrogen) atoms. The standard InChI is InChI=1S/C13H24N4O2.ClH/c1-12(2)10(18)17(11(19)15-12)7-6-16-5-4-13(3,8-14)9-16;/h4-9,14H2,1-3H3,(H,15,19);1H. The Hall–Kier alpha value is -0.850. The Balaban J connectivity index is 0.00000200. The van der Waals surface area contributed by atoms with Crippen molar-refractivity contribution in [1.82, 2.24) is 15.1 Å². The first-order chi connectivity index (χ1) is 8.77. The lowest BCUT2D eigenvalue weighted by Gasteiger charge is -2.24. The Morgan fingerprint density at radius 2 is 1.90 bits per heavy atom. The van der Waals surface area contributed by atoms with Gasteiger partial charge in [0.25, 0.3) is 5.91 Å². The van der Waals surface area contributed by atoms with E-state index in [1.54, 1.807) is 13.8 Å². The normalized spacial score (nSPS) is 29.5. The van der Waals surface area contributed by atoms with E-state index in [1.165, 1.54) is 4.90 Å². The molecule has 0 spiro atoms. The molecule has 0 radical (unpaired) electrons. The van der Waals surface area contributed by atoms with E-state index in [1.807, 2.05) is 0 Å². The van der Waals surface area contributed by atoms with Gasteiger partial charge in [-0.15, -0.1) is 12.4 Å². The summed E-state index contributed by atoms with van der Waals surface area (Å²) in [6, 6.07) is -0.282. The molecular weight excluding hydrogens is 280 g/mol. The number of nitrogens with two attached hydrogens (primary N) is 1. The van der Waals surface area contributed by atoms with Crippen LogP contribution in [0.5, 0.6) is 0 Å². The van der Waals surface area contributed by atoms with E-state index < -0.39 is 5.54 Å². The molecular formula is C13H25ClN4O2. The second-order valence-electron chi connectivity index (χ2n) is 6.55. The number of amides is 3. The van der Waals surface area contributed by atoms with Gasteiger partial charge >= 0.3 is 6.03 Å². The highest BCUT2D eigenvalue weighted by Crippen LogP contribution is 2.28. The second kappa shape index (κ2) is 5.87. The first-order valence-electron chi connectivity index (χ1n) is 6.84. The van der Waals surface area contributed by atoms with Crippen molar-refractivity contribution in [1.29, 1.82) is 0 Å². The van der Waals surface area contributed by atoms with E-state index in [-0.39, 0.29) is 29.8 Å². The zero-order valence-electron chi connectivity index (χ0n) is 12.4. The number of likely N-dealkylation sites (tertiary alicyclic amines) is 1. The molecule has 2 aliphatic heterocycles. The van der Waals surface area contributed by atoms with Crippen LogP contribution in [0.25, 0.3) is 0 Å². The molecule has 3 amide bonds. The second-order valence-corrected chi connectivity index (χ2v) is 6.55. The molecule has 0 bridgehead atoms. The maximum Gasteiger partial charge on any atom is 0.325 e. The van der Waals surface area contributed by atoms with Crippen LogP contribution in [0.1, 0.15) is 27.2 Å². The van der Waals surface area contributed by atoms with Crippen molar-refractivity contribution < 1.29 is 9.59 Å². The van der Waals surface area contributed by atoms with Gasteiger partial charge in [0, 0.05) is 19.6 Å². The molecule has 2 fully saturated rings. The van der Waals surface area contributed by atoms with Crippen molar-refractivity contribution in [3.63, 3.8) is 0 Å². The summed E-state index contributed by atoms with van der Waals surface area (Å²) in [7, 11) is 0. The number of rotatable bonds is 4. The Morgan fingerprint density at radius 1 is 1.25 bits per heavy atom. The predicted molar refractivity (Wildman–Crippen MR) is 79.8 cm³/mol. The van der Waals surface area contributed by atoms with E-state index in [9.17, 15) is 9.59 Å². The first kappa shape index (κ1) is 17.2. The first-order valence-corrected chi connectivity index (χ1v) is 6.84. The molecule has 1 unspecified atom stereocenters. The monoisotopic (exact) mass is 304 g/mol. The Morgan fingerprint density at radius 3 is 2.35 bits per heavy atom. The number of urea groups is 1. The topological polar surface area (TPSA) is 78.7 Å². The number of imide groups is 1. The Bertz CT molecular complexity index is 402. The van der Waals surface area contributed by atoms with E-state index >= 15 is 0 Å². The molecule has 2 saturated heterocycles.